The Labute approximate surface area is 354 Å². The van der Waals surface area contributed by atoms with E-state index in [1.165, 1.54) is 12.1 Å². The summed E-state index contributed by atoms with van der Waals surface area (Å²) < 4.78 is 166. The number of hydrogen-bond acceptors (Lipinski definition) is 2. The molecule has 0 unspecified atom stereocenters. The molecule has 9 aromatic carbocycles. The third-order valence-electron chi connectivity index (χ3n) is 11.9. The number of hydrogen-bond donors (Lipinski definition) is 2. The van der Waals surface area contributed by atoms with Crippen LogP contribution in [0.1, 0.15) is 55.6 Å². The van der Waals surface area contributed by atoms with Crippen molar-refractivity contribution in [2.75, 3.05) is 0 Å². The first kappa shape index (κ1) is 42.7. The van der Waals surface area contributed by atoms with E-state index in [1.54, 1.807) is 48.5 Å². The van der Waals surface area contributed by atoms with Crippen LogP contribution in [0.25, 0.3) is 43.1 Å². The number of alkyl halides is 12. The molecule has 0 atom stereocenters. The van der Waals surface area contributed by atoms with Gasteiger partial charge >= 0.3 is 24.7 Å². The van der Waals surface area contributed by atoms with Gasteiger partial charge < -0.3 is 10.2 Å². The van der Waals surface area contributed by atoms with E-state index in [0.29, 0.717) is 43.1 Å². The molecule has 9 rings (SSSR count). The van der Waals surface area contributed by atoms with Crippen LogP contribution in [-0.2, 0) is 35.9 Å². The van der Waals surface area contributed by atoms with Crippen molar-refractivity contribution in [3.05, 3.63) is 213 Å². The van der Waals surface area contributed by atoms with E-state index >= 15 is 0 Å². The molecule has 2 N–H and O–H groups in total. The summed E-state index contributed by atoms with van der Waals surface area (Å²) in [5.74, 6) is 0. The molecule has 9 aromatic rings. The number of aliphatic hydroxyl groups is 2. The minimum atomic E-state index is -4.77. The third-order valence-corrected chi connectivity index (χ3v) is 11.9. The molecule has 0 bridgehead atoms. The highest BCUT2D eigenvalue weighted by molar-refractivity contribution is 6.34. The van der Waals surface area contributed by atoms with Crippen molar-refractivity contribution >= 4 is 43.1 Å². The van der Waals surface area contributed by atoms with Crippen molar-refractivity contribution in [2.24, 2.45) is 0 Å². The fraction of sp³-hybridized carbons (Fsp3) is 0.120. The van der Waals surface area contributed by atoms with E-state index < -0.39 is 58.2 Å². The van der Waals surface area contributed by atoms with Crippen molar-refractivity contribution in [3.8, 4) is 0 Å². The Kier molecular flexibility index (Phi) is 9.62. The van der Waals surface area contributed by atoms with E-state index in [-0.39, 0.29) is 33.4 Å². The van der Waals surface area contributed by atoms with Gasteiger partial charge in [-0.25, -0.2) is 0 Å². The average molecular weight is 889 g/mol. The Bertz CT molecular complexity index is 2870. The Hall–Kier alpha value is -6.64. The molecule has 0 heterocycles. The molecule has 0 aliphatic heterocycles. The van der Waals surface area contributed by atoms with Crippen molar-refractivity contribution in [1.29, 1.82) is 0 Å². The summed E-state index contributed by atoms with van der Waals surface area (Å²) in [5.41, 5.74) is -9.45. The van der Waals surface area contributed by atoms with E-state index in [1.807, 2.05) is 0 Å². The van der Waals surface area contributed by atoms with Crippen LogP contribution in [0.15, 0.2) is 158 Å². The molecule has 0 saturated carbocycles. The summed E-state index contributed by atoms with van der Waals surface area (Å²) in [6.07, 6.45) is -19.1. The lowest BCUT2D eigenvalue weighted by molar-refractivity contribution is -0.138. The van der Waals surface area contributed by atoms with E-state index in [4.69, 9.17) is 0 Å². The largest absolute Gasteiger partial charge is 0.416 e. The molecule has 0 radical (unpaired) electrons. The molecule has 14 heteroatoms. The molecule has 0 saturated heterocycles. The lowest BCUT2D eigenvalue weighted by Crippen LogP contribution is -2.30. The number of benzene rings is 9. The van der Waals surface area contributed by atoms with Crippen LogP contribution in [0.5, 0.6) is 0 Å². The van der Waals surface area contributed by atoms with Gasteiger partial charge in [0.15, 0.2) is 0 Å². The molecule has 0 aliphatic rings. The first-order chi connectivity index (χ1) is 30.0. The molecule has 0 amide bonds. The standard InChI is InChI=1S/C50H28F12O2/c51-47(52,53)33-17-9-29(10-18-33)45(63,30-11-19-34(20-12-30)48(54,55)56)39-26-8-28-4-2-6-38-42(28)43(39)37-5-1-3-27-7-25-40(44(38)41(27)37)46(64,31-13-21-35(22-14-31)49(57,58)59)32-15-23-36(24-16-32)50(60,61)62/h1-26,63-64H. The summed E-state index contributed by atoms with van der Waals surface area (Å²) in [6, 6.07) is 30.6. The van der Waals surface area contributed by atoms with Crippen LogP contribution < -0.4 is 0 Å². The number of rotatable bonds is 6. The Balaban J connectivity index is 1.40. The summed E-state index contributed by atoms with van der Waals surface area (Å²) in [5, 5.41) is 29.6. The van der Waals surface area contributed by atoms with Gasteiger partial charge in [-0.3, -0.25) is 0 Å². The SMILES string of the molecule is OC(c1ccc(C(F)(F)F)cc1)(c1ccc(C(F)(F)F)cc1)c1ccc2cccc3c4c(C(O)(c5ccc(C(F)(F)F)cc5)c5ccc(C(F)(F)F)cc5)ccc5cccc(c1c23)c54. The fourth-order valence-corrected chi connectivity index (χ4v) is 8.89. The molecule has 0 fully saturated rings. The van der Waals surface area contributed by atoms with Crippen LogP contribution in [0.4, 0.5) is 52.7 Å². The molecular weight excluding hydrogens is 861 g/mol. The lowest BCUT2D eigenvalue weighted by atomic mass is 9.73. The van der Waals surface area contributed by atoms with Crippen molar-refractivity contribution in [3.63, 3.8) is 0 Å². The van der Waals surface area contributed by atoms with Gasteiger partial charge in [0.1, 0.15) is 11.2 Å². The van der Waals surface area contributed by atoms with Gasteiger partial charge in [0, 0.05) is 11.1 Å². The summed E-state index contributed by atoms with van der Waals surface area (Å²) >= 11 is 0. The van der Waals surface area contributed by atoms with E-state index in [0.717, 1.165) is 97.1 Å². The minimum absolute atomic E-state index is 0.0521. The normalized spacial score (nSPS) is 13.5. The fourth-order valence-electron chi connectivity index (χ4n) is 8.89. The van der Waals surface area contributed by atoms with Crippen LogP contribution in [0.3, 0.4) is 0 Å². The lowest BCUT2D eigenvalue weighted by Gasteiger charge is -2.34. The maximum Gasteiger partial charge on any atom is 0.416 e. The summed E-state index contributed by atoms with van der Waals surface area (Å²) in [4.78, 5) is 0. The average Bonchev–Trinajstić information content (AvgIpc) is 3.26. The second kappa shape index (κ2) is 14.4. The highest BCUT2D eigenvalue weighted by Gasteiger charge is 2.42. The van der Waals surface area contributed by atoms with Gasteiger partial charge in [-0.2, -0.15) is 52.7 Å². The minimum Gasteiger partial charge on any atom is -0.376 e. The monoisotopic (exact) mass is 888 g/mol. The Morgan fingerprint density at radius 3 is 0.719 bits per heavy atom. The molecule has 324 valence electrons. The maximum atomic E-state index is 13.8. The van der Waals surface area contributed by atoms with Gasteiger partial charge in [0.2, 0.25) is 0 Å². The topological polar surface area (TPSA) is 40.5 Å². The van der Waals surface area contributed by atoms with Gasteiger partial charge in [-0.05, 0) is 114 Å². The third kappa shape index (κ3) is 6.78. The highest BCUT2D eigenvalue weighted by atomic mass is 19.4. The second-order valence-corrected chi connectivity index (χ2v) is 15.5. The molecule has 64 heavy (non-hydrogen) atoms. The summed E-state index contributed by atoms with van der Waals surface area (Å²) in [7, 11) is 0. The predicted octanol–water partition coefficient (Wildman–Crippen LogP) is 14.4. The molecule has 2 nitrogen and oxygen atoms in total. The molecule has 0 spiro atoms. The molecule has 0 aromatic heterocycles. The highest BCUT2D eigenvalue weighted by Crippen LogP contribution is 2.52. The molecular formula is C50H28F12O2. The Morgan fingerprint density at radius 1 is 0.250 bits per heavy atom. The van der Waals surface area contributed by atoms with Gasteiger partial charge in [0.25, 0.3) is 0 Å². The predicted molar refractivity (Wildman–Crippen MR) is 218 cm³/mol. The van der Waals surface area contributed by atoms with Crippen LogP contribution >= 0.6 is 0 Å². The molecule has 0 aliphatic carbocycles. The first-order valence-electron chi connectivity index (χ1n) is 19.3. The van der Waals surface area contributed by atoms with Crippen molar-refractivity contribution < 1.29 is 62.9 Å². The van der Waals surface area contributed by atoms with Crippen LogP contribution in [0, 0.1) is 0 Å². The quantitative estimate of drug-likeness (QED) is 0.0756. The second-order valence-electron chi connectivity index (χ2n) is 15.5. The number of fused-ring (bicyclic) bond motifs is 2. The van der Waals surface area contributed by atoms with Gasteiger partial charge in [-0.1, -0.05) is 109 Å². The van der Waals surface area contributed by atoms with E-state index in [9.17, 15) is 62.9 Å². The zero-order chi connectivity index (χ0) is 45.8. The van der Waals surface area contributed by atoms with Crippen molar-refractivity contribution in [1.82, 2.24) is 0 Å². The van der Waals surface area contributed by atoms with Crippen LogP contribution in [-0.4, -0.2) is 10.2 Å². The summed E-state index contributed by atoms with van der Waals surface area (Å²) in [6.45, 7) is 0. The zero-order valence-electron chi connectivity index (χ0n) is 32.4. The Morgan fingerprint density at radius 2 is 0.484 bits per heavy atom. The van der Waals surface area contributed by atoms with Gasteiger partial charge in [0.05, 0.1) is 22.3 Å². The van der Waals surface area contributed by atoms with Gasteiger partial charge in [-0.15, -0.1) is 0 Å². The van der Waals surface area contributed by atoms with Crippen molar-refractivity contribution in [2.45, 2.75) is 35.9 Å². The first-order valence-corrected chi connectivity index (χ1v) is 19.3. The smallest absolute Gasteiger partial charge is 0.376 e. The van der Waals surface area contributed by atoms with Crippen LogP contribution in [0.2, 0.25) is 0 Å². The number of halogens is 12. The maximum absolute atomic E-state index is 13.8. The zero-order valence-corrected chi connectivity index (χ0v) is 32.4. The van der Waals surface area contributed by atoms with E-state index in [2.05, 4.69) is 0 Å².